The molecule has 0 bridgehead atoms. The SMILES string of the molecule is C=C(/C=C\C)S(=O)(=O)Nc1cc(-c2ccc3nc(N)c(-c4ccc(C(=O)NCCN(C)C)cc4)cc3c2)cnc1OC. The molecule has 0 saturated heterocycles. The van der Waals surface area contributed by atoms with Crippen LogP contribution in [0, 0.1) is 0 Å². The summed E-state index contributed by atoms with van der Waals surface area (Å²) in [6.45, 7) is 6.63. The third-order valence-electron chi connectivity index (χ3n) is 6.47. The summed E-state index contributed by atoms with van der Waals surface area (Å²) in [7, 11) is 1.41. The van der Waals surface area contributed by atoms with Crippen molar-refractivity contribution >= 4 is 38.3 Å². The molecule has 0 spiro atoms. The minimum absolute atomic E-state index is 0.0858. The fraction of sp³-hybridized carbons (Fsp3) is 0.194. The van der Waals surface area contributed by atoms with Gasteiger partial charge in [0.1, 0.15) is 11.5 Å². The van der Waals surface area contributed by atoms with Crippen LogP contribution in [-0.4, -0.2) is 63.5 Å². The Hall–Kier alpha value is -4.74. The number of fused-ring (bicyclic) bond motifs is 1. The molecular weight excluding hydrogens is 552 g/mol. The summed E-state index contributed by atoms with van der Waals surface area (Å²) >= 11 is 0. The van der Waals surface area contributed by atoms with Crippen LogP contribution < -0.4 is 20.5 Å². The van der Waals surface area contributed by atoms with Crippen molar-refractivity contribution in [2.45, 2.75) is 6.92 Å². The number of anilines is 2. The Bertz CT molecular complexity index is 1770. The molecule has 0 aliphatic heterocycles. The highest BCUT2D eigenvalue weighted by atomic mass is 32.2. The number of carbonyl (C=O) groups is 1. The summed E-state index contributed by atoms with van der Waals surface area (Å²) < 4.78 is 33.2. The smallest absolute Gasteiger partial charge is 0.261 e. The lowest BCUT2D eigenvalue weighted by Gasteiger charge is -2.13. The van der Waals surface area contributed by atoms with Crippen LogP contribution in [0.1, 0.15) is 17.3 Å². The first-order valence-electron chi connectivity index (χ1n) is 13.1. The Morgan fingerprint density at radius 3 is 2.45 bits per heavy atom. The third-order valence-corrected chi connectivity index (χ3v) is 7.78. The molecule has 0 unspecified atom stereocenters. The van der Waals surface area contributed by atoms with Crippen LogP contribution in [0.4, 0.5) is 11.5 Å². The number of benzene rings is 2. The van der Waals surface area contributed by atoms with Gasteiger partial charge in [0.15, 0.2) is 0 Å². The molecule has 1 amide bonds. The highest BCUT2D eigenvalue weighted by Gasteiger charge is 2.18. The molecule has 0 aliphatic carbocycles. The summed E-state index contributed by atoms with van der Waals surface area (Å²) in [5.74, 6) is 0.351. The number of hydrogen-bond acceptors (Lipinski definition) is 8. The van der Waals surface area contributed by atoms with Gasteiger partial charge in [-0.2, -0.15) is 0 Å². The molecule has 42 heavy (non-hydrogen) atoms. The molecule has 10 nitrogen and oxygen atoms in total. The number of sulfonamides is 1. The second kappa shape index (κ2) is 12.8. The van der Waals surface area contributed by atoms with Crippen LogP contribution in [-0.2, 0) is 10.0 Å². The lowest BCUT2D eigenvalue weighted by atomic mass is 10.00. The van der Waals surface area contributed by atoms with E-state index >= 15 is 0 Å². The zero-order chi connectivity index (χ0) is 30.4. The van der Waals surface area contributed by atoms with Crippen LogP contribution in [0.5, 0.6) is 5.88 Å². The van der Waals surface area contributed by atoms with E-state index in [4.69, 9.17) is 10.5 Å². The topological polar surface area (TPSA) is 140 Å². The number of nitrogen functional groups attached to an aromatic ring is 1. The predicted octanol–water partition coefficient (Wildman–Crippen LogP) is 4.68. The second-order valence-electron chi connectivity index (χ2n) is 9.82. The number of hydrogen-bond donors (Lipinski definition) is 3. The number of nitrogens with two attached hydrogens (primary N) is 1. The predicted molar refractivity (Wildman–Crippen MR) is 169 cm³/mol. The maximum Gasteiger partial charge on any atom is 0.261 e. The van der Waals surface area contributed by atoms with Gasteiger partial charge in [-0.1, -0.05) is 30.9 Å². The number of methoxy groups -OCH3 is 1. The van der Waals surface area contributed by atoms with Gasteiger partial charge < -0.3 is 20.7 Å². The highest BCUT2D eigenvalue weighted by molar-refractivity contribution is 7.96. The molecule has 2 aromatic carbocycles. The molecule has 0 fully saturated rings. The number of rotatable bonds is 11. The van der Waals surface area contributed by atoms with E-state index in [9.17, 15) is 13.2 Å². The van der Waals surface area contributed by atoms with Crippen molar-refractivity contribution in [2.75, 3.05) is 44.8 Å². The number of nitrogens with one attached hydrogen (secondary N) is 2. The quantitative estimate of drug-likeness (QED) is 0.215. The average Bonchev–Trinajstić information content (AvgIpc) is 2.96. The van der Waals surface area contributed by atoms with E-state index in [1.807, 2.05) is 55.4 Å². The summed E-state index contributed by atoms with van der Waals surface area (Å²) in [5.41, 5.74) is 10.7. The van der Waals surface area contributed by atoms with E-state index in [2.05, 4.69) is 26.6 Å². The number of ether oxygens (including phenoxy) is 1. The third kappa shape index (κ3) is 6.93. The van der Waals surface area contributed by atoms with E-state index < -0.39 is 10.0 Å². The van der Waals surface area contributed by atoms with Crippen LogP contribution in [0.3, 0.4) is 0 Å². The summed E-state index contributed by atoms with van der Waals surface area (Å²) in [5, 5.41) is 3.73. The first-order valence-corrected chi connectivity index (χ1v) is 14.6. The van der Waals surface area contributed by atoms with Gasteiger partial charge in [0, 0.05) is 41.4 Å². The lowest BCUT2D eigenvalue weighted by Crippen LogP contribution is -2.31. The van der Waals surface area contributed by atoms with Crippen molar-refractivity contribution in [1.82, 2.24) is 20.2 Å². The van der Waals surface area contributed by atoms with Gasteiger partial charge in [-0.3, -0.25) is 9.52 Å². The molecule has 11 heteroatoms. The molecule has 4 N–H and O–H groups in total. The van der Waals surface area contributed by atoms with E-state index in [1.165, 1.54) is 13.2 Å². The Morgan fingerprint density at radius 1 is 1.07 bits per heavy atom. The normalized spacial score (nSPS) is 11.6. The zero-order valence-electron chi connectivity index (χ0n) is 24.0. The zero-order valence-corrected chi connectivity index (χ0v) is 24.8. The molecule has 0 saturated carbocycles. The standard InChI is InChI=1S/C31H34N6O4S/c1-6-7-20(2)42(39,40)36-28-18-25(19-34-31(28)41-5)23-12-13-27-24(16-23)17-26(29(32)35-27)21-8-10-22(11-9-21)30(38)33-14-15-37(3)4/h6-13,16-19,36H,2,14-15H2,1,3-5H3,(H2,32,35)(H,33,38)/b7-6-. The summed E-state index contributed by atoms with van der Waals surface area (Å²) in [6, 6.07) is 16.4. The molecule has 0 atom stereocenters. The second-order valence-corrected chi connectivity index (χ2v) is 11.6. The van der Waals surface area contributed by atoms with Crippen LogP contribution in [0.25, 0.3) is 33.2 Å². The fourth-order valence-corrected chi connectivity index (χ4v) is 5.11. The molecule has 4 rings (SSSR count). The van der Waals surface area contributed by atoms with E-state index in [0.717, 1.165) is 28.6 Å². The average molecular weight is 587 g/mol. The number of amides is 1. The van der Waals surface area contributed by atoms with Crippen molar-refractivity contribution in [3.05, 3.63) is 90.0 Å². The van der Waals surface area contributed by atoms with Gasteiger partial charge in [0.05, 0.1) is 17.5 Å². The number of carbonyl (C=O) groups excluding carboxylic acids is 1. The Morgan fingerprint density at radius 2 is 1.79 bits per heavy atom. The number of allylic oxidation sites excluding steroid dienone is 2. The number of aromatic nitrogens is 2. The summed E-state index contributed by atoms with van der Waals surface area (Å²) in [4.78, 5) is 23.3. The number of nitrogens with zero attached hydrogens (tertiary/aromatic N) is 3. The van der Waals surface area contributed by atoms with Gasteiger partial charge in [0.2, 0.25) is 5.88 Å². The maximum absolute atomic E-state index is 12.7. The lowest BCUT2D eigenvalue weighted by molar-refractivity contribution is 0.0951. The molecule has 0 radical (unpaired) electrons. The fourth-order valence-electron chi connectivity index (χ4n) is 4.23. The van der Waals surface area contributed by atoms with Crippen LogP contribution >= 0.6 is 0 Å². The molecule has 0 aliphatic rings. The molecule has 2 heterocycles. The highest BCUT2D eigenvalue weighted by Crippen LogP contribution is 2.33. The van der Waals surface area contributed by atoms with Gasteiger partial charge >= 0.3 is 0 Å². The number of pyridine rings is 2. The minimum atomic E-state index is -3.90. The van der Waals surface area contributed by atoms with Gasteiger partial charge in [-0.25, -0.2) is 18.4 Å². The van der Waals surface area contributed by atoms with E-state index in [-0.39, 0.29) is 22.4 Å². The van der Waals surface area contributed by atoms with Crippen molar-refractivity contribution < 1.29 is 17.9 Å². The Balaban J connectivity index is 1.65. The van der Waals surface area contributed by atoms with Crippen molar-refractivity contribution in [2.24, 2.45) is 0 Å². The van der Waals surface area contributed by atoms with Crippen LogP contribution in [0.2, 0.25) is 0 Å². The van der Waals surface area contributed by atoms with Gasteiger partial charge in [-0.05, 0) is 74.6 Å². The Labute approximate surface area is 246 Å². The van der Waals surface area contributed by atoms with Crippen molar-refractivity contribution in [3.8, 4) is 28.1 Å². The molecule has 218 valence electrons. The molecule has 4 aromatic rings. The van der Waals surface area contributed by atoms with E-state index in [0.29, 0.717) is 29.0 Å². The monoisotopic (exact) mass is 586 g/mol. The maximum atomic E-state index is 12.7. The largest absolute Gasteiger partial charge is 0.480 e. The molecular formula is C31H34N6O4S. The van der Waals surface area contributed by atoms with Gasteiger partial charge in [0.25, 0.3) is 15.9 Å². The van der Waals surface area contributed by atoms with Crippen LogP contribution in [0.15, 0.2) is 84.4 Å². The minimum Gasteiger partial charge on any atom is -0.480 e. The Kier molecular flexibility index (Phi) is 9.24. The van der Waals surface area contributed by atoms with E-state index in [1.54, 1.807) is 37.4 Å². The van der Waals surface area contributed by atoms with Gasteiger partial charge in [-0.15, -0.1) is 0 Å². The van der Waals surface area contributed by atoms with Crippen molar-refractivity contribution in [3.63, 3.8) is 0 Å². The molecule has 2 aromatic heterocycles. The van der Waals surface area contributed by atoms with Crippen molar-refractivity contribution in [1.29, 1.82) is 0 Å². The first-order chi connectivity index (χ1) is 20.0. The summed E-state index contributed by atoms with van der Waals surface area (Å²) in [6.07, 6.45) is 4.60. The number of likely N-dealkylation sites (N-methyl/N-ethyl adjacent to an activating group) is 1. The first kappa shape index (κ1) is 30.2.